The van der Waals surface area contributed by atoms with E-state index in [1.807, 2.05) is 50.2 Å². The van der Waals surface area contributed by atoms with Gasteiger partial charge in [0.15, 0.2) is 0 Å². The maximum atomic E-state index is 13.6. The van der Waals surface area contributed by atoms with Gasteiger partial charge in [0, 0.05) is 30.3 Å². The van der Waals surface area contributed by atoms with Crippen LogP contribution in [0.2, 0.25) is 5.02 Å². The third-order valence-electron chi connectivity index (χ3n) is 9.86. The maximum absolute atomic E-state index is 13.6. The minimum atomic E-state index is -0.784. The van der Waals surface area contributed by atoms with E-state index in [0.29, 0.717) is 30.3 Å². The molecule has 2 atom stereocenters. The number of carbonyl (C=O) groups is 1. The van der Waals surface area contributed by atoms with Crippen LogP contribution in [0.15, 0.2) is 62.6 Å². The summed E-state index contributed by atoms with van der Waals surface area (Å²) in [5.74, 6) is 1.20. The van der Waals surface area contributed by atoms with Gasteiger partial charge < -0.3 is 14.6 Å². The number of carbonyl (C=O) groups excluding carboxylic acids is 1. The summed E-state index contributed by atoms with van der Waals surface area (Å²) in [6, 6.07) is 8.13. The number of rotatable bonds is 10. The van der Waals surface area contributed by atoms with Gasteiger partial charge in [0.25, 0.3) is 0 Å². The van der Waals surface area contributed by atoms with Crippen LogP contribution in [0.4, 0.5) is 0 Å². The first-order valence-electron chi connectivity index (χ1n) is 16.2. The summed E-state index contributed by atoms with van der Waals surface area (Å²) in [7, 11) is 0. The number of hydrogen-bond acceptors (Lipinski definition) is 9. The molecule has 1 aromatic rings. The Morgan fingerprint density at radius 1 is 1.29 bits per heavy atom. The number of benzene rings is 1. The van der Waals surface area contributed by atoms with Crippen LogP contribution in [0.5, 0.6) is 0 Å². The molecule has 9 nitrogen and oxygen atoms in total. The van der Waals surface area contributed by atoms with Crippen LogP contribution in [-0.2, 0) is 26.1 Å². The first-order valence-corrected chi connectivity index (χ1v) is 16.6. The van der Waals surface area contributed by atoms with Crippen molar-refractivity contribution in [2.75, 3.05) is 6.61 Å². The van der Waals surface area contributed by atoms with E-state index >= 15 is 0 Å². The molecule has 0 amide bonds. The summed E-state index contributed by atoms with van der Waals surface area (Å²) >= 11 is 6.60. The second-order valence-electron chi connectivity index (χ2n) is 13.3. The Labute approximate surface area is 270 Å². The predicted molar refractivity (Wildman–Crippen MR) is 173 cm³/mol. The zero-order chi connectivity index (χ0) is 31.8. The third kappa shape index (κ3) is 6.22. The van der Waals surface area contributed by atoms with Gasteiger partial charge in [-0.05, 0) is 94.4 Å². The molecule has 1 aromatic carbocycles. The standard InChI is InChI=1S/C35H42ClN5O4/c1-4-44-31(23-8-7-9-23)24-19-38-33-39-30(40-41(33)20-24)17-26-29(42)18-35(45-32(26)43,25-10-5-6-11-25)15-14-22-12-13-27(28(36)16-22)34(2,3)21-37/h12-13,16,19-20,25,33,42H,4-11,14-15,17-18H2,1-3H3,(H,39,40). The normalized spacial score (nSPS) is 24.8. The summed E-state index contributed by atoms with van der Waals surface area (Å²) in [5, 5.41) is 23.3. The van der Waals surface area contributed by atoms with Crippen molar-refractivity contribution in [3.05, 3.63) is 68.8 Å². The Balaban J connectivity index is 1.17. The number of esters is 1. The largest absolute Gasteiger partial charge is 0.512 e. The van der Waals surface area contributed by atoms with Gasteiger partial charge in [0.05, 0.1) is 29.2 Å². The highest BCUT2D eigenvalue weighted by atomic mass is 35.5. The number of halogens is 1. The van der Waals surface area contributed by atoms with E-state index in [1.54, 1.807) is 6.21 Å². The summed E-state index contributed by atoms with van der Waals surface area (Å²) in [6.07, 6.45) is 12.2. The van der Waals surface area contributed by atoms with Crippen molar-refractivity contribution >= 4 is 29.6 Å². The fourth-order valence-electron chi connectivity index (χ4n) is 7.08. The van der Waals surface area contributed by atoms with Crippen LogP contribution in [-0.4, -0.2) is 46.6 Å². The first kappa shape index (κ1) is 31.2. The number of cyclic esters (lactones) is 1. The number of hydrogen-bond donors (Lipinski definition) is 2. The molecule has 0 spiro atoms. The second-order valence-corrected chi connectivity index (χ2v) is 13.7. The Hall–Kier alpha value is -3.77. The van der Waals surface area contributed by atoms with Crippen molar-refractivity contribution in [3.63, 3.8) is 0 Å². The van der Waals surface area contributed by atoms with Crippen LogP contribution >= 0.6 is 11.6 Å². The molecule has 238 valence electrons. The number of nitriles is 1. The highest BCUT2D eigenvalue weighted by Gasteiger charge is 2.48. The summed E-state index contributed by atoms with van der Waals surface area (Å²) in [4.78, 5) is 22.9. The van der Waals surface area contributed by atoms with Gasteiger partial charge in [-0.2, -0.15) is 5.26 Å². The molecule has 0 aromatic heterocycles. The van der Waals surface area contributed by atoms with Gasteiger partial charge in [0.1, 0.15) is 23.0 Å². The molecule has 2 saturated carbocycles. The van der Waals surface area contributed by atoms with E-state index < -0.39 is 23.3 Å². The lowest BCUT2D eigenvalue weighted by atomic mass is 9.76. The van der Waals surface area contributed by atoms with Gasteiger partial charge in [-0.3, -0.25) is 5.43 Å². The van der Waals surface area contributed by atoms with Crippen LogP contribution < -0.4 is 5.43 Å². The fourth-order valence-corrected chi connectivity index (χ4v) is 7.52. The highest BCUT2D eigenvalue weighted by molar-refractivity contribution is 6.31. The van der Waals surface area contributed by atoms with Gasteiger partial charge in [-0.25, -0.2) is 19.8 Å². The number of aliphatic hydroxyl groups excluding tert-OH is 1. The fraction of sp³-hybridized carbons (Fsp3) is 0.543. The van der Waals surface area contributed by atoms with Crippen LogP contribution in [0, 0.1) is 17.2 Å². The van der Waals surface area contributed by atoms with Crippen LogP contribution in [0.25, 0.3) is 0 Å². The van der Waals surface area contributed by atoms with E-state index in [-0.39, 0.29) is 30.1 Å². The van der Waals surface area contributed by atoms with Crippen LogP contribution in [0.3, 0.4) is 0 Å². The topological polar surface area (TPSA) is 120 Å². The number of ether oxygens (including phenoxy) is 2. The molecule has 45 heavy (non-hydrogen) atoms. The zero-order valence-electron chi connectivity index (χ0n) is 26.4. The van der Waals surface area contributed by atoms with E-state index in [0.717, 1.165) is 61.0 Å². The summed E-state index contributed by atoms with van der Waals surface area (Å²) < 4.78 is 12.3. The average molecular weight is 632 g/mol. The van der Waals surface area contributed by atoms with E-state index in [4.69, 9.17) is 21.1 Å². The molecule has 0 bridgehead atoms. The summed E-state index contributed by atoms with van der Waals surface area (Å²) in [6.45, 7) is 6.26. The number of amidine groups is 1. The molecular formula is C35H42ClN5O4. The van der Waals surface area contributed by atoms with Crippen molar-refractivity contribution in [2.45, 2.75) is 109 Å². The third-order valence-corrected chi connectivity index (χ3v) is 10.2. The molecule has 2 unspecified atom stereocenters. The quantitative estimate of drug-likeness (QED) is 0.209. The Morgan fingerprint density at radius 2 is 2.07 bits per heavy atom. The SMILES string of the molecule is CCOC(C1=CN2NC(CC3=C(O)CC(CCc4ccc(C(C)(C)C#N)c(Cl)c4)(C4CCCC4)OC3=O)=NC2N=C1)=C1CCC1. The first-order chi connectivity index (χ1) is 21.6. The molecule has 3 aliphatic heterocycles. The number of hydrazine groups is 1. The molecule has 0 saturated heterocycles. The van der Waals surface area contributed by atoms with Crippen molar-refractivity contribution in [1.29, 1.82) is 5.26 Å². The number of nitrogens with one attached hydrogen (secondary N) is 1. The summed E-state index contributed by atoms with van der Waals surface area (Å²) in [5.41, 5.74) is 6.03. The van der Waals surface area contributed by atoms with Gasteiger partial charge in [-0.1, -0.05) is 36.6 Å². The van der Waals surface area contributed by atoms with Gasteiger partial charge in [-0.15, -0.1) is 0 Å². The number of aliphatic hydroxyl groups is 1. The molecule has 5 aliphatic rings. The Kier molecular flexibility index (Phi) is 8.71. The van der Waals surface area contributed by atoms with E-state index in [1.165, 1.54) is 12.0 Å². The zero-order valence-corrected chi connectivity index (χ0v) is 27.1. The Bertz CT molecular complexity index is 1560. The lowest BCUT2D eigenvalue weighted by Crippen LogP contribution is -2.46. The van der Waals surface area contributed by atoms with E-state index in [2.05, 4.69) is 21.5 Å². The molecule has 0 radical (unpaired) electrons. The monoisotopic (exact) mass is 631 g/mol. The molecular weight excluding hydrogens is 590 g/mol. The van der Waals surface area contributed by atoms with Gasteiger partial charge in [0.2, 0.25) is 6.29 Å². The van der Waals surface area contributed by atoms with Crippen molar-refractivity contribution in [1.82, 2.24) is 10.4 Å². The van der Waals surface area contributed by atoms with Crippen molar-refractivity contribution in [3.8, 4) is 6.07 Å². The van der Waals surface area contributed by atoms with E-state index in [9.17, 15) is 15.2 Å². The predicted octanol–water partition coefficient (Wildman–Crippen LogP) is 7.10. The lowest BCUT2D eigenvalue weighted by Gasteiger charge is -2.42. The smallest absolute Gasteiger partial charge is 0.338 e. The van der Waals surface area contributed by atoms with Crippen molar-refractivity contribution in [2.24, 2.45) is 15.9 Å². The van der Waals surface area contributed by atoms with Crippen LogP contribution in [0.1, 0.15) is 96.1 Å². The molecule has 2 N–H and O–H groups in total. The lowest BCUT2D eigenvalue weighted by molar-refractivity contribution is -0.167. The van der Waals surface area contributed by atoms with Crippen molar-refractivity contribution < 1.29 is 19.4 Å². The average Bonchev–Trinajstić information content (AvgIpc) is 3.67. The highest BCUT2D eigenvalue weighted by Crippen LogP contribution is 2.46. The molecule has 2 fully saturated rings. The number of nitrogens with zero attached hydrogens (tertiary/aromatic N) is 4. The minimum Gasteiger partial charge on any atom is -0.512 e. The second kappa shape index (κ2) is 12.6. The molecule has 3 heterocycles. The number of aliphatic imine (C=N–C) groups is 2. The van der Waals surface area contributed by atoms with Gasteiger partial charge >= 0.3 is 5.97 Å². The Morgan fingerprint density at radius 3 is 2.71 bits per heavy atom. The number of allylic oxidation sites excluding steroid dienone is 2. The molecule has 10 heteroatoms. The molecule has 2 aliphatic carbocycles. The minimum absolute atomic E-state index is 0.0738. The molecule has 6 rings (SSSR count). The number of aryl methyl sites for hydroxylation is 1. The number of fused-ring (bicyclic) bond motifs is 1. The maximum Gasteiger partial charge on any atom is 0.338 e.